The summed E-state index contributed by atoms with van der Waals surface area (Å²) in [7, 11) is 0. The molecule has 4 aliphatic carbocycles. The molecule has 10 N–H and O–H groups in total. The van der Waals surface area contributed by atoms with Gasteiger partial charge in [0.05, 0.1) is 0 Å². The summed E-state index contributed by atoms with van der Waals surface area (Å²) in [6.45, 7) is 12.8. The second-order valence-corrected chi connectivity index (χ2v) is 17.2. The van der Waals surface area contributed by atoms with Gasteiger partial charge in [0.25, 0.3) is 0 Å². The van der Waals surface area contributed by atoms with Gasteiger partial charge in [-0.2, -0.15) is 0 Å². The number of hydrogen-bond acceptors (Lipinski definition) is 7. The molecule has 0 aliphatic heterocycles. The Morgan fingerprint density at radius 2 is 1.06 bits per heavy atom. The number of hydrogen-bond donors (Lipinski definition) is 7. The summed E-state index contributed by atoms with van der Waals surface area (Å²) in [6, 6.07) is 0. The Labute approximate surface area is 317 Å². The van der Waals surface area contributed by atoms with E-state index in [1.807, 2.05) is 0 Å². The maximum atomic E-state index is 7.99. The van der Waals surface area contributed by atoms with E-state index in [0.717, 1.165) is 48.9 Å². The molecule has 0 spiro atoms. The third-order valence-corrected chi connectivity index (χ3v) is 13.7. The minimum atomic E-state index is 0.219. The van der Waals surface area contributed by atoms with Crippen molar-refractivity contribution < 1.29 is 15.3 Å². The van der Waals surface area contributed by atoms with Crippen LogP contribution in [0, 0.1) is 40.4 Å². The SMILES string of the molecule is CCCCCCCCCCCCNCCCCC1CCC2C3CCC4CCCCC4(C)C3CCC12C.NCCCO.NCCCO.NCCCO. The highest BCUT2D eigenvalue weighted by Gasteiger charge is 2.59. The zero-order chi connectivity index (χ0) is 37.6. The molecule has 51 heavy (non-hydrogen) atoms. The summed E-state index contributed by atoms with van der Waals surface area (Å²) in [4.78, 5) is 0. The molecule has 4 saturated carbocycles. The minimum Gasteiger partial charge on any atom is -0.396 e. The third kappa shape index (κ3) is 18.3. The summed E-state index contributed by atoms with van der Waals surface area (Å²) >= 11 is 0. The maximum absolute atomic E-state index is 7.99. The molecule has 4 rings (SSSR count). The van der Waals surface area contributed by atoms with Crippen LogP contribution in [0.25, 0.3) is 0 Å². The van der Waals surface area contributed by atoms with Crippen molar-refractivity contribution in [3.8, 4) is 0 Å². The molecule has 0 amide bonds. The first-order chi connectivity index (χ1) is 24.8. The highest BCUT2D eigenvalue weighted by molar-refractivity contribution is 5.08. The van der Waals surface area contributed by atoms with Crippen molar-refractivity contribution in [2.45, 2.75) is 188 Å². The Balaban J connectivity index is 0.000000730. The zero-order valence-corrected chi connectivity index (χ0v) is 34.5. The quantitative estimate of drug-likeness (QED) is 0.0552. The van der Waals surface area contributed by atoms with Crippen LogP contribution in [0.5, 0.6) is 0 Å². The first-order valence-corrected chi connectivity index (χ1v) is 22.5. The summed E-state index contributed by atoms with van der Waals surface area (Å²) in [5.74, 6) is 5.32. The van der Waals surface area contributed by atoms with Crippen LogP contribution in [0.3, 0.4) is 0 Å². The highest BCUT2D eigenvalue weighted by atomic mass is 16.3. The molecule has 7 heteroatoms. The lowest BCUT2D eigenvalue weighted by atomic mass is 9.45. The van der Waals surface area contributed by atoms with Crippen LogP contribution in [0.4, 0.5) is 0 Å². The highest BCUT2D eigenvalue weighted by Crippen LogP contribution is 2.67. The topological polar surface area (TPSA) is 151 Å². The summed E-state index contributed by atoms with van der Waals surface area (Å²) in [5.41, 5.74) is 16.3. The average molecular weight is 725 g/mol. The molecule has 306 valence electrons. The lowest BCUT2D eigenvalue weighted by Gasteiger charge is -2.60. The predicted octanol–water partition coefficient (Wildman–Crippen LogP) is 8.70. The van der Waals surface area contributed by atoms with Crippen LogP contribution < -0.4 is 22.5 Å². The average Bonchev–Trinajstić information content (AvgIpc) is 3.47. The molecule has 0 aromatic rings. The van der Waals surface area contributed by atoms with Gasteiger partial charge in [0.1, 0.15) is 0 Å². The fraction of sp³-hybridized carbons (Fsp3) is 1.00. The maximum Gasteiger partial charge on any atom is 0.0443 e. The van der Waals surface area contributed by atoms with E-state index in [0.29, 0.717) is 30.5 Å². The van der Waals surface area contributed by atoms with Crippen LogP contribution in [0.1, 0.15) is 188 Å². The standard InChI is InChI=1S/C35H65N.3C3H9NO/c1-4-5-6-7-8-9-10-11-12-16-27-36-28-17-14-19-30-21-23-32-31-22-20-29-18-13-15-25-34(29,2)33(31)24-26-35(30,32)3;3*4-2-1-3-5/h29-33,36H,4-28H2,1-3H3;3*5H,1-4H2. The molecule has 0 saturated heterocycles. The smallest absolute Gasteiger partial charge is 0.0443 e. The molecule has 0 radical (unpaired) electrons. The van der Waals surface area contributed by atoms with Crippen LogP contribution in [-0.4, -0.2) is 67.9 Å². The molecule has 0 heterocycles. The van der Waals surface area contributed by atoms with Gasteiger partial charge in [-0.25, -0.2) is 0 Å². The zero-order valence-electron chi connectivity index (χ0n) is 34.5. The van der Waals surface area contributed by atoms with E-state index in [-0.39, 0.29) is 19.8 Å². The Morgan fingerprint density at radius 3 is 1.59 bits per heavy atom. The van der Waals surface area contributed by atoms with Crippen molar-refractivity contribution in [3.05, 3.63) is 0 Å². The molecule has 7 atom stereocenters. The monoisotopic (exact) mass is 725 g/mol. The van der Waals surface area contributed by atoms with Crippen molar-refractivity contribution in [1.29, 1.82) is 0 Å². The lowest BCUT2D eigenvalue weighted by Crippen LogP contribution is -2.52. The van der Waals surface area contributed by atoms with E-state index in [1.54, 1.807) is 51.4 Å². The van der Waals surface area contributed by atoms with Crippen LogP contribution in [-0.2, 0) is 0 Å². The Kier molecular flexibility index (Phi) is 29.6. The van der Waals surface area contributed by atoms with E-state index in [1.165, 1.54) is 109 Å². The van der Waals surface area contributed by atoms with E-state index >= 15 is 0 Å². The molecule has 0 aromatic heterocycles. The number of unbranched alkanes of at least 4 members (excludes halogenated alkanes) is 10. The van der Waals surface area contributed by atoms with E-state index in [4.69, 9.17) is 32.5 Å². The largest absolute Gasteiger partial charge is 0.396 e. The molecule has 4 fully saturated rings. The fourth-order valence-corrected chi connectivity index (χ4v) is 10.7. The van der Waals surface area contributed by atoms with Crippen molar-refractivity contribution in [1.82, 2.24) is 5.32 Å². The van der Waals surface area contributed by atoms with E-state index < -0.39 is 0 Å². The van der Waals surface area contributed by atoms with Gasteiger partial charge >= 0.3 is 0 Å². The molecular formula is C44H92N4O3. The van der Waals surface area contributed by atoms with Gasteiger partial charge in [0.2, 0.25) is 0 Å². The molecule has 0 bridgehead atoms. The number of aliphatic hydroxyl groups is 3. The lowest BCUT2D eigenvalue weighted by molar-refractivity contribution is -0.111. The molecule has 7 nitrogen and oxygen atoms in total. The Bertz CT molecular complexity index is 754. The second-order valence-electron chi connectivity index (χ2n) is 17.2. The van der Waals surface area contributed by atoms with Gasteiger partial charge < -0.3 is 37.8 Å². The fourth-order valence-electron chi connectivity index (χ4n) is 10.7. The van der Waals surface area contributed by atoms with Gasteiger partial charge in [-0.15, -0.1) is 0 Å². The number of fused-ring (bicyclic) bond motifs is 5. The Hall–Kier alpha value is -0.280. The molecule has 4 aliphatic rings. The minimum absolute atomic E-state index is 0.219. The first kappa shape index (κ1) is 48.7. The number of aliphatic hydroxyl groups excluding tert-OH is 3. The van der Waals surface area contributed by atoms with Gasteiger partial charge in [-0.3, -0.25) is 0 Å². The van der Waals surface area contributed by atoms with Gasteiger partial charge in [-0.05, 0) is 163 Å². The van der Waals surface area contributed by atoms with E-state index in [9.17, 15) is 0 Å². The normalized spacial score (nSPS) is 29.2. The van der Waals surface area contributed by atoms with Crippen LogP contribution >= 0.6 is 0 Å². The predicted molar refractivity (Wildman–Crippen MR) is 221 cm³/mol. The van der Waals surface area contributed by atoms with Gasteiger partial charge in [0.15, 0.2) is 0 Å². The molecule has 0 aromatic carbocycles. The summed E-state index contributed by atoms with van der Waals surface area (Å²) in [6.07, 6.45) is 36.5. The molecular weight excluding hydrogens is 633 g/mol. The van der Waals surface area contributed by atoms with Gasteiger partial charge in [0, 0.05) is 19.8 Å². The Morgan fingerprint density at radius 1 is 0.529 bits per heavy atom. The van der Waals surface area contributed by atoms with Crippen molar-refractivity contribution in [3.63, 3.8) is 0 Å². The number of nitrogens with one attached hydrogen (secondary N) is 1. The van der Waals surface area contributed by atoms with Crippen LogP contribution in [0.2, 0.25) is 0 Å². The van der Waals surface area contributed by atoms with Crippen molar-refractivity contribution >= 4 is 0 Å². The number of rotatable bonds is 22. The summed E-state index contributed by atoms with van der Waals surface area (Å²) in [5, 5.41) is 27.7. The molecule has 7 unspecified atom stereocenters. The first-order valence-electron chi connectivity index (χ1n) is 22.5. The number of nitrogens with two attached hydrogens (primary N) is 3. The van der Waals surface area contributed by atoms with Gasteiger partial charge in [-0.1, -0.05) is 97.8 Å². The van der Waals surface area contributed by atoms with Crippen LogP contribution in [0.15, 0.2) is 0 Å². The van der Waals surface area contributed by atoms with Crippen molar-refractivity contribution in [2.24, 2.45) is 57.6 Å². The van der Waals surface area contributed by atoms with Crippen molar-refractivity contribution in [2.75, 3.05) is 52.5 Å². The van der Waals surface area contributed by atoms with E-state index in [2.05, 4.69) is 26.1 Å². The second kappa shape index (κ2) is 31.0. The third-order valence-electron chi connectivity index (χ3n) is 13.7. The summed E-state index contributed by atoms with van der Waals surface area (Å²) < 4.78 is 0.